The van der Waals surface area contributed by atoms with E-state index in [9.17, 15) is 4.39 Å². The molecule has 20 heavy (non-hydrogen) atoms. The molecule has 0 spiro atoms. The lowest BCUT2D eigenvalue weighted by atomic mass is 9.51. The third-order valence-corrected chi connectivity index (χ3v) is 4.82. The molecule has 4 atom stereocenters. The largest absolute Gasteiger partial charge is 0.481 e. The highest BCUT2D eigenvalue weighted by Gasteiger charge is 2.51. The first-order chi connectivity index (χ1) is 9.15. The maximum atomic E-state index is 14.3. The zero-order valence-electron chi connectivity index (χ0n) is 13.4. The van der Waals surface area contributed by atoms with E-state index in [2.05, 4.69) is 27.7 Å². The van der Waals surface area contributed by atoms with E-state index in [1.54, 1.807) is 0 Å². The molecule has 0 aromatic rings. The van der Waals surface area contributed by atoms with Crippen LogP contribution in [-0.2, 0) is 4.79 Å². The van der Waals surface area contributed by atoms with Crippen molar-refractivity contribution < 1.29 is 14.3 Å². The normalized spacial score (nSPS) is 38.4. The Balaban J connectivity index is 0.000000444. The number of hydrogen-bond donors (Lipinski definition) is 1. The summed E-state index contributed by atoms with van der Waals surface area (Å²) in [6, 6.07) is 0. The number of halogens is 1. The van der Waals surface area contributed by atoms with Gasteiger partial charge in [0.25, 0.3) is 5.97 Å². The van der Waals surface area contributed by atoms with Crippen molar-refractivity contribution >= 4 is 5.97 Å². The van der Waals surface area contributed by atoms with E-state index >= 15 is 0 Å². The molecule has 0 aromatic heterocycles. The maximum absolute atomic E-state index is 14.3. The van der Waals surface area contributed by atoms with E-state index < -0.39 is 5.97 Å². The number of carboxylic acid groups (broad SMARTS) is 1. The van der Waals surface area contributed by atoms with E-state index in [-0.39, 0.29) is 17.2 Å². The van der Waals surface area contributed by atoms with E-state index in [0.717, 1.165) is 13.3 Å². The van der Waals surface area contributed by atoms with Crippen molar-refractivity contribution in [1.82, 2.24) is 0 Å². The minimum absolute atomic E-state index is 0.183. The number of rotatable bonds is 0. The summed E-state index contributed by atoms with van der Waals surface area (Å²) in [5.74, 6) is 1.26. The van der Waals surface area contributed by atoms with Crippen molar-refractivity contribution in [2.24, 2.45) is 29.1 Å². The highest BCUT2D eigenvalue weighted by Crippen LogP contribution is 2.58. The van der Waals surface area contributed by atoms with Gasteiger partial charge in [-0.1, -0.05) is 40.5 Å². The highest BCUT2D eigenvalue weighted by atomic mass is 19.1. The average molecular weight is 284 g/mol. The molecule has 0 heterocycles. The van der Waals surface area contributed by atoms with Crippen LogP contribution in [0.25, 0.3) is 0 Å². The maximum Gasteiger partial charge on any atom is 0.300 e. The number of carbonyl (C=O) groups is 1. The number of carboxylic acids is 1. The fourth-order valence-corrected chi connectivity index (χ4v) is 3.81. The van der Waals surface area contributed by atoms with Gasteiger partial charge in [-0.05, 0) is 42.1 Å². The predicted octanol–water partition coefficient (Wildman–Crippen LogP) is 5.05. The van der Waals surface area contributed by atoms with Crippen molar-refractivity contribution in [1.29, 1.82) is 0 Å². The number of fused-ring (bicyclic) bond motifs is 1. The van der Waals surface area contributed by atoms with Gasteiger partial charge in [0.2, 0.25) is 0 Å². The molecule has 0 amide bonds. The summed E-state index contributed by atoms with van der Waals surface area (Å²) in [6.45, 7) is 9.99. The lowest BCUT2D eigenvalue weighted by molar-refractivity contribution is -0.134. The first-order valence-corrected chi connectivity index (χ1v) is 7.72. The Morgan fingerprint density at radius 1 is 1.35 bits per heavy atom. The molecule has 1 N–H and O–H groups in total. The Morgan fingerprint density at radius 3 is 2.40 bits per heavy atom. The summed E-state index contributed by atoms with van der Waals surface area (Å²) in [6.07, 6.45) is 6.79. The van der Waals surface area contributed by atoms with Crippen LogP contribution in [0.4, 0.5) is 4.39 Å². The summed E-state index contributed by atoms with van der Waals surface area (Å²) in [5.41, 5.74) is 0.184. The smallest absolute Gasteiger partial charge is 0.300 e. The third kappa shape index (κ3) is 4.32. The second kappa shape index (κ2) is 6.73. The summed E-state index contributed by atoms with van der Waals surface area (Å²) >= 11 is 0. The Bertz CT molecular complexity index is 369. The Kier molecular flexibility index (Phi) is 5.79. The molecular weight excluding hydrogens is 255 g/mol. The molecule has 2 aliphatic carbocycles. The molecule has 3 heteroatoms. The van der Waals surface area contributed by atoms with Gasteiger partial charge >= 0.3 is 0 Å². The van der Waals surface area contributed by atoms with Gasteiger partial charge in [-0.2, -0.15) is 0 Å². The van der Waals surface area contributed by atoms with E-state index in [1.807, 2.05) is 6.08 Å². The summed E-state index contributed by atoms with van der Waals surface area (Å²) in [4.78, 5) is 9.00. The average Bonchev–Trinajstić information content (AvgIpc) is 2.27. The molecule has 4 unspecified atom stereocenters. The lowest BCUT2D eigenvalue weighted by Gasteiger charge is -2.53. The van der Waals surface area contributed by atoms with Crippen LogP contribution in [0.2, 0.25) is 0 Å². The van der Waals surface area contributed by atoms with Gasteiger partial charge in [-0.15, -0.1) is 0 Å². The molecule has 1 fully saturated rings. The van der Waals surface area contributed by atoms with Gasteiger partial charge in [0.1, 0.15) is 5.83 Å². The molecule has 1 saturated carbocycles. The Labute approximate surface area is 122 Å². The monoisotopic (exact) mass is 284 g/mol. The van der Waals surface area contributed by atoms with Crippen LogP contribution < -0.4 is 0 Å². The van der Waals surface area contributed by atoms with Gasteiger partial charge in [0.15, 0.2) is 0 Å². The van der Waals surface area contributed by atoms with Gasteiger partial charge < -0.3 is 5.11 Å². The second-order valence-electron chi connectivity index (χ2n) is 7.29. The minimum atomic E-state index is -0.833. The summed E-state index contributed by atoms with van der Waals surface area (Å²) < 4.78 is 14.3. The van der Waals surface area contributed by atoms with Gasteiger partial charge in [0.05, 0.1) is 0 Å². The molecule has 0 saturated heterocycles. The SMILES string of the molecule is CC(=O)O.CC1/C=C(\F)C2C(CC2(C)C)C(C)CCC1. The van der Waals surface area contributed by atoms with Crippen molar-refractivity contribution in [3.63, 3.8) is 0 Å². The van der Waals surface area contributed by atoms with Crippen molar-refractivity contribution in [3.05, 3.63) is 11.9 Å². The molecule has 2 nitrogen and oxygen atoms in total. The zero-order valence-corrected chi connectivity index (χ0v) is 13.4. The van der Waals surface area contributed by atoms with Crippen LogP contribution in [0, 0.1) is 29.1 Å². The standard InChI is InChI=1S/C15H25F.C2H4O2/c1-10-6-5-7-11(2)12-9-15(3,4)14(12)13(16)8-10;1-2(3)4/h8,10-12,14H,5-7,9H2,1-4H3;1H3,(H,3,4)/b13-8-;. The van der Waals surface area contributed by atoms with E-state index in [1.165, 1.54) is 19.3 Å². The van der Waals surface area contributed by atoms with Crippen molar-refractivity contribution in [2.75, 3.05) is 0 Å². The van der Waals surface area contributed by atoms with Crippen LogP contribution in [0.3, 0.4) is 0 Å². The summed E-state index contributed by atoms with van der Waals surface area (Å²) in [7, 11) is 0. The van der Waals surface area contributed by atoms with Crippen LogP contribution in [0.1, 0.15) is 60.3 Å². The second-order valence-corrected chi connectivity index (χ2v) is 7.29. The van der Waals surface area contributed by atoms with Gasteiger partial charge in [-0.3, -0.25) is 4.79 Å². The summed E-state index contributed by atoms with van der Waals surface area (Å²) in [5, 5.41) is 7.42. The van der Waals surface area contributed by atoms with Gasteiger partial charge in [0, 0.05) is 12.8 Å². The Hall–Kier alpha value is -0.860. The molecule has 0 aliphatic heterocycles. The van der Waals surface area contributed by atoms with Crippen molar-refractivity contribution in [3.8, 4) is 0 Å². The van der Waals surface area contributed by atoms with Crippen LogP contribution in [0.15, 0.2) is 11.9 Å². The number of hydrogen-bond acceptors (Lipinski definition) is 1. The molecule has 0 bridgehead atoms. The quantitative estimate of drug-likeness (QED) is 0.676. The van der Waals surface area contributed by atoms with Crippen LogP contribution >= 0.6 is 0 Å². The highest BCUT2D eigenvalue weighted by molar-refractivity contribution is 5.62. The topological polar surface area (TPSA) is 37.3 Å². The third-order valence-electron chi connectivity index (χ3n) is 4.82. The molecule has 2 rings (SSSR count). The fraction of sp³-hybridized carbons (Fsp3) is 0.824. The molecule has 0 radical (unpaired) electrons. The van der Waals surface area contributed by atoms with E-state index in [4.69, 9.17) is 9.90 Å². The molecule has 0 aromatic carbocycles. The minimum Gasteiger partial charge on any atom is -0.481 e. The molecule has 2 aliphatic rings. The molecule has 116 valence electrons. The molecular formula is C17H29FO2. The Morgan fingerprint density at radius 2 is 1.90 bits per heavy atom. The first-order valence-electron chi connectivity index (χ1n) is 7.72. The fourth-order valence-electron chi connectivity index (χ4n) is 3.81. The van der Waals surface area contributed by atoms with Gasteiger partial charge in [-0.25, -0.2) is 4.39 Å². The predicted molar refractivity (Wildman–Crippen MR) is 80.1 cm³/mol. The van der Waals surface area contributed by atoms with Crippen LogP contribution in [-0.4, -0.2) is 11.1 Å². The van der Waals surface area contributed by atoms with E-state index in [0.29, 0.717) is 17.8 Å². The number of aliphatic carboxylic acids is 1. The van der Waals surface area contributed by atoms with Crippen molar-refractivity contribution in [2.45, 2.75) is 60.3 Å². The lowest BCUT2D eigenvalue weighted by Crippen LogP contribution is -2.47. The zero-order chi connectivity index (χ0) is 15.5. The number of allylic oxidation sites excluding steroid dienone is 2. The van der Waals surface area contributed by atoms with Crippen LogP contribution in [0.5, 0.6) is 0 Å². The first kappa shape index (κ1) is 17.2.